The maximum atomic E-state index is 11.1. The molecule has 0 aromatic rings. The number of carbonyl (C=O) groups is 1. The SMILES string of the molecule is CCCCCCCC[C@H]1OC(=O)[C@@H]2O[C@H]12. The number of unbranched alkanes of at least 4 members (excludes halogenated alkanes) is 5. The second-order valence-electron chi connectivity index (χ2n) is 4.55. The Labute approximate surface area is 91.1 Å². The highest BCUT2D eigenvalue weighted by Gasteiger charge is 2.58. The van der Waals surface area contributed by atoms with Gasteiger partial charge in [0.15, 0.2) is 6.10 Å². The number of hydrogen-bond acceptors (Lipinski definition) is 3. The van der Waals surface area contributed by atoms with Crippen LogP contribution in [-0.2, 0) is 14.3 Å². The summed E-state index contributed by atoms with van der Waals surface area (Å²) in [4.78, 5) is 11.1. The quantitative estimate of drug-likeness (QED) is 0.369. The molecule has 2 aliphatic rings. The van der Waals surface area contributed by atoms with Crippen molar-refractivity contribution in [2.75, 3.05) is 0 Å². The third-order valence-corrected chi connectivity index (χ3v) is 3.23. The molecule has 0 spiro atoms. The zero-order valence-corrected chi connectivity index (χ0v) is 9.41. The molecule has 0 saturated carbocycles. The van der Waals surface area contributed by atoms with Crippen molar-refractivity contribution in [3.63, 3.8) is 0 Å². The van der Waals surface area contributed by atoms with E-state index in [1.54, 1.807) is 0 Å². The van der Waals surface area contributed by atoms with E-state index in [9.17, 15) is 4.79 Å². The summed E-state index contributed by atoms with van der Waals surface area (Å²) in [6, 6.07) is 0. The Morgan fingerprint density at radius 2 is 1.87 bits per heavy atom. The maximum Gasteiger partial charge on any atom is 0.338 e. The lowest BCUT2D eigenvalue weighted by Crippen LogP contribution is -2.15. The minimum absolute atomic E-state index is 0.0636. The molecule has 0 aromatic heterocycles. The van der Waals surface area contributed by atoms with Crippen molar-refractivity contribution in [3.05, 3.63) is 0 Å². The Balaban J connectivity index is 1.50. The number of cyclic esters (lactones) is 1. The van der Waals surface area contributed by atoms with Crippen molar-refractivity contribution >= 4 is 5.97 Å². The summed E-state index contributed by atoms with van der Waals surface area (Å²) in [5.74, 6) is -0.143. The lowest BCUT2D eigenvalue weighted by atomic mass is 10.1. The van der Waals surface area contributed by atoms with Gasteiger partial charge < -0.3 is 9.47 Å². The predicted octanol–water partition coefficient (Wildman–Crippen LogP) is 2.43. The van der Waals surface area contributed by atoms with E-state index in [0.29, 0.717) is 0 Å². The number of esters is 1. The molecule has 3 heteroatoms. The molecule has 0 radical (unpaired) electrons. The molecular weight excluding hydrogens is 192 g/mol. The summed E-state index contributed by atoms with van der Waals surface area (Å²) >= 11 is 0. The number of fused-ring (bicyclic) bond motifs is 1. The van der Waals surface area contributed by atoms with Crippen LogP contribution >= 0.6 is 0 Å². The molecule has 0 aliphatic carbocycles. The minimum Gasteiger partial charge on any atom is -0.457 e. The molecule has 0 aromatic carbocycles. The number of hydrogen-bond donors (Lipinski definition) is 0. The number of rotatable bonds is 7. The van der Waals surface area contributed by atoms with Gasteiger partial charge in [-0.3, -0.25) is 0 Å². The Bertz CT molecular complexity index is 227. The molecule has 0 N–H and O–H groups in total. The van der Waals surface area contributed by atoms with Crippen molar-refractivity contribution in [3.8, 4) is 0 Å². The van der Waals surface area contributed by atoms with E-state index in [1.807, 2.05) is 0 Å². The molecule has 2 rings (SSSR count). The number of epoxide rings is 1. The Hall–Kier alpha value is -0.570. The molecule has 3 nitrogen and oxygen atoms in total. The highest BCUT2D eigenvalue weighted by atomic mass is 16.7. The first kappa shape index (κ1) is 10.9. The Morgan fingerprint density at radius 3 is 2.47 bits per heavy atom. The van der Waals surface area contributed by atoms with Crippen LogP contribution in [0.1, 0.15) is 51.9 Å². The summed E-state index contributed by atoms with van der Waals surface area (Å²) < 4.78 is 10.4. The fraction of sp³-hybridized carbons (Fsp3) is 0.917. The van der Waals surface area contributed by atoms with Crippen molar-refractivity contribution in [1.82, 2.24) is 0 Å². The van der Waals surface area contributed by atoms with Crippen LogP contribution in [0.25, 0.3) is 0 Å². The van der Waals surface area contributed by atoms with Gasteiger partial charge in [-0.1, -0.05) is 39.0 Å². The van der Waals surface area contributed by atoms with E-state index in [0.717, 1.165) is 12.8 Å². The molecular formula is C12H20O3. The van der Waals surface area contributed by atoms with Crippen LogP contribution < -0.4 is 0 Å². The van der Waals surface area contributed by atoms with Crippen LogP contribution in [0.4, 0.5) is 0 Å². The van der Waals surface area contributed by atoms with Gasteiger partial charge >= 0.3 is 5.97 Å². The van der Waals surface area contributed by atoms with Gasteiger partial charge in [0.05, 0.1) is 0 Å². The van der Waals surface area contributed by atoms with Gasteiger partial charge in [0.1, 0.15) is 12.2 Å². The average Bonchev–Trinajstić information content (AvgIpc) is 2.96. The third-order valence-electron chi connectivity index (χ3n) is 3.23. The van der Waals surface area contributed by atoms with Crippen LogP contribution in [0, 0.1) is 0 Å². The van der Waals surface area contributed by atoms with E-state index >= 15 is 0 Å². The minimum atomic E-state index is -0.199. The summed E-state index contributed by atoms with van der Waals surface area (Å²) in [5.41, 5.74) is 0. The molecule has 2 heterocycles. The number of carbonyl (C=O) groups excluding carboxylic acids is 1. The molecule has 86 valence electrons. The lowest BCUT2D eigenvalue weighted by Gasteiger charge is -2.10. The molecule has 3 atom stereocenters. The van der Waals surface area contributed by atoms with Gasteiger partial charge in [0.2, 0.25) is 0 Å². The second kappa shape index (κ2) is 4.97. The van der Waals surface area contributed by atoms with Crippen molar-refractivity contribution in [2.45, 2.75) is 70.2 Å². The topological polar surface area (TPSA) is 38.8 Å². The van der Waals surface area contributed by atoms with Crippen LogP contribution in [0.5, 0.6) is 0 Å². The highest BCUT2D eigenvalue weighted by Crippen LogP contribution is 2.37. The highest BCUT2D eigenvalue weighted by molar-refractivity contribution is 5.81. The molecule has 0 bridgehead atoms. The summed E-state index contributed by atoms with van der Waals surface area (Å²) in [6.07, 6.45) is 8.65. The largest absolute Gasteiger partial charge is 0.457 e. The van der Waals surface area contributed by atoms with Crippen LogP contribution in [0.15, 0.2) is 0 Å². The first-order valence-electron chi connectivity index (χ1n) is 6.19. The number of ether oxygens (including phenoxy) is 2. The first-order valence-corrected chi connectivity index (χ1v) is 6.19. The standard InChI is InChI=1S/C12H20O3/c1-2-3-4-5-6-7-8-9-10-11(15-10)12(13)14-9/h9-11H,2-8H2,1H3/t9-,10-,11-/m1/s1. The molecule has 2 fully saturated rings. The van der Waals surface area contributed by atoms with Gasteiger partial charge in [-0.2, -0.15) is 0 Å². The fourth-order valence-corrected chi connectivity index (χ4v) is 2.23. The van der Waals surface area contributed by atoms with Crippen molar-refractivity contribution < 1.29 is 14.3 Å². The monoisotopic (exact) mass is 212 g/mol. The van der Waals surface area contributed by atoms with Crippen LogP contribution in [0.3, 0.4) is 0 Å². The second-order valence-corrected chi connectivity index (χ2v) is 4.55. The first-order chi connectivity index (χ1) is 7.33. The van der Waals surface area contributed by atoms with Crippen LogP contribution in [-0.4, -0.2) is 24.3 Å². The maximum absolute atomic E-state index is 11.1. The predicted molar refractivity (Wildman–Crippen MR) is 56.5 cm³/mol. The van der Waals surface area contributed by atoms with E-state index < -0.39 is 0 Å². The van der Waals surface area contributed by atoms with Gasteiger partial charge in [0, 0.05) is 0 Å². The van der Waals surface area contributed by atoms with Crippen LogP contribution in [0.2, 0.25) is 0 Å². The molecule has 15 heavy (non-hydrogen) atoms. The zero-order valence-electron chi connectivity index (χ0n) is 9.41. The van der Waals surface area contributed by atoms with Gasteiger partial charge in [0.25, 0.3) is 0 Å². The van der Waals surface area contributed by atoms with E-state index in [-0.39, 0.29) is 24.3 Å². The average molecular weight is 212 g/mol. The summed E-state index contributed by atoms with van der Waals surface area (Å²) in [5, 5.41) is 0. The van der Waals surface area contributed by atoms with E-state index in [1.165, 1.54) is 32.1 Å². The third kappa shape index (κ3) is 2.71. The van der Waals surface area contributed by atoms with E-state index in [2.05, 4.69) is 6.92 Å². The van der Waals surface area contributed by atoms with Gasteiger partial charge in [-0.05, 0) is 12.8 Å². The molecule has 2 saturated heterocycles. The molecule has 0 unspecified atom stereocenters. The van der Waals surface area contributed by atoms with Crippen molar-refractivity contribution in [2.24, 2.45) is 0 Å². The van der Waals surface area contributed by atoms with E-state index in [4.69, 9.17) is 9.47 Å². The fourth-order valence-electron chi connectivity index (χ4n) is 2.23. The summed E-state index contributed by atoms with van der Waals surface area (Å²) in [6.45, 7) is 2.22. The smallest absolute Gasteiger partial charge is 0.338 e. The summed E-state index contributed by atoms with van der Waals surface area (Å²) in [7, 11) is 0. The normalized spacial score (nSPS) is 32.6. The lowest BCUT2D eigenvalue weighted by molar-refractivity contribution is -0.149. The Kier molecular flexibility index (Phi) is 3.62. The Morgan fingerprint density at radius 1 is 1.13 bits per heavy atom. The molecule has 0 amide bonds. The zero-order chi connectivity index (χ0) is 10.7. The van der Waals surface area contributed by atoms with Gasteiger partial charge in [-0.15, -0.1) is 0 Å². The van der Waals surface area contributed by atoms with Gasteiger partial charge in [-0.25, -0.2) is 4.79 Å². The van der Waals surface area contributed by atoms with Crippen molar-refractivity contribution in [1.29, 1.82) is 0 Å². The molecule has 2 aliphatic heterocycles.